The third-order valence-electron chi connectivity index (χ3n) is 3.54. The molecule has 3 rings (SSSR count). The number of thioether (sulfide) groups is 1. The summed E-state index contributed by atoms with van der Waals surface area (Å²) in [4.78, 5) is 0. The van der Waals surface area contributed by atoms with Gasteiger partial charge in [-0.1, -0.05) is 28.3 Å². The topological polar surface area (TPSA) is 68.5 Å². The highest BCUT2D eigenvalue weighted by atomic mass is 32.2. The highest BCUT2D eigenvalue weighted by Gasteiger charge is 2.18. The lowest BCUT2D eigenvalue weighted by molar-refractivity contribution is 0.454. The zero-order chi connectivity index (χ0) is 14.5. The van der Waals surface area contributed by atoms with Crippen LogP contribution in [0.1, 0.15) is 35.9 Å². The first-order valence-corrected chi connectivity index (χ1v) is 9.15. The Morgan fingerprint density at radius 3 is 3.14 bits per heavy atom. The van der Waals surface area contributed by atoms with Gasteiger partial charge in [-0.2, -0.15) is 0 Å². The van der Waals surface area contributed by atoms with Crippen molar-refractivity contribution in [3.8, 4) is 0 Å². The van der Waals surface area contributed by atoms with Crippen molar-refractivity contribution >= 4 is 23.1 Å². The van der Waals surface area contributed by atoms with Crippen molar-refractivity contribution in [2.75, 3.05) is 18.8 Å². The predicted octanol–water partition coefficient (Wildman–Crippen LogP) is 2.09. The maximum Gasteiger partial charge on any atom is 0.174 e. The summed E-state index contributed by atoms with van der Waals surface area (Å²) >= 11 is 3.42. The summed E-state index contributed by atoms with van der Waals surface area (Å²) in [7, 11) is 0. The Morgan fingerprint density at radius 1 is 1.43 bits per heavy atom. The third kappa shape index (κ3) is 4.24. The van der Waals surface area contributed by atoms with E-state index in [1.807, 2.05) is 11.6 Å². The maximum atomic E-state index is 4.33. The molecule has 0 spiro atoms. The Morgan fingerprint density at radius 2 is 2.38 bits per heavy atom. The molecule has 3 heterocycles. The summed E-state index contributed by atoms with van der Waals surface area (Å²) in [5.41, 5.74) is 1.13. The second-order valence-corrected chi connectivity index (χ2v) is 7.76. The maximum absolute atomic E-state index is 4.33. The van der Waals surface area contributed by atoms with Gasteiger partial charge in [0.1, 0.15) is 5.01 Å². The van der Waals surface area contributed by atoms with E-state index < -0.39 is 0 Å². The Hall–Kier alpha value is -0.990. The fraction of sp³-hybridized carbons (Fsp3) is 0.692. The molecule has 0 aromatic carbocycles. The second kappa shape index (κ2) is 7.33. The molecule has 1 fully saturated rings. The van der Waals surface area contributed by atoms with E-state index in [0.717, 1.165) is 46.8 Å². The van der Waals surface area contributed by atoms with Gasteiger partial charge in [0, 0.05) is 31.0 Å². The SMILES string of the molecule is Cc1nnc(SCCCn2cc([C@H]3CCCNC3)nn2)s1. The van der Waals surface area contributed by atoms with Crippen molar-refractivity contribution in [1.29, 1.82) is 0 Å². The van der Waals surface area contributed by atoms with Crippen LogP contribution in [0.4, 0.5) is 0 Å². The Bertz CT molecular complexity index is 561. The smallest absolute Gasteiger partial charge is 0.174 e. The minimum Gasteiger partial charge on any atom is -0.316 e. The monoisotopic (exact) mass is 324 g/mol. The summed E-state index contributed by atoms with van der Waals surface area (Å²) in [6, 6.07) is 0. The lowest BCUT2D eigenvalue weighted by atomic mass is 9.97. The fourth-order valence-corrected chi connectivity index (χ4v) is 4.25. The van der Waals surface area contributed by atoms with Gasteiger partial charge in [-0.25, -0.2) is 0 Å². The number of nitrogens with zero attached hydrogens (tertiary/aromatic N) is 5. The van der Waals surface area contributed by atoms with Gasteiger partial charge < -0.3 is 5.32 Å². The zero-order valence-electron chi connectivity index (χ0n) is 12.2. The summed E-state index contributed by atoms with van der Waals surface area (Å²) in [6.07, 6.45) is 5.62. The van der Waals surface area contributed by atoms with E-state index in [1.54, 1.807) is 23.1 Å². The van der Waals surface area contributed by atoms with Gasteiger partial charge >= 0.3 is 0 Å². The molecule has 8 heteroatoms. The molecule has 114 valence electrons. The predicted molar refractivity (Wildman–Crippen MR) is 84.9 cm³/mol. The first-order chi connectivity index (χ1) is 10.3. The molecule has 1 atom stereocenters. The molecule has 0 radical (unpaired) electrons. The van der Waals surface area contributed by atoms with Crippen LogP contribution in [-0.4, -0.2) is 44.0 Å². The molecule has 0 amide bonds. The molecule has 2 aromatic heterocycles. The van der Waals surface area contributed by atoms with Crippen molar-refractivity contribution in [2.24, 2.45) is 0 Å². The molecular weight excluding hydrogens is 304 g/mol. The van der Waals surface area contributed by atoms with Gasteiger partial charge in [-0.3, -0.25) is 4.68 Å². The standard InChI is InChI=1S/C13H20N6S2/c1-10-15-17-13(21-10)20-7-3-6-19-9-12(16-18-19)11-4-2-5-14-8-11/h9,11,14H,2-8H2,1H3/t11-/m0/s1. The number of piperidine rings is 1. The van der Waals surface area contributed by atoms with Crippen molar-refractivity contribution in [3.63, 3.8) is 0 Å². The van der Waals surface area contributed by atoms with E-state index in [0.29, 0.717) is 5.92 Å². The minimum atomic E-state index is 0.534. The summed E-state index contributed by atoms with van der Waals surface area (Å²) in [5, 5.41) is 21.2. The highest BCUT2D eigenvalue weighted by molar-refractivity contribution is 8.01. The lowest BCUT2D eigenvalue weighted by Gasteiger charge is -2.20. The summed E-state index contributed by atoms with van der Waals surface area (Å²) in [6.45, 7) is 5.06. The molecule has 1 N–H and O–H groups in total. The lowest BCUT2D eigenvalue weighted by Crippen LogP contribution is -2.28. The summed E-state index contributed by atoms with van der Waals surface area (Å²) < 4.78 is 3.02. The molecular formula is C13H20N6S2. The van der Waals surface area contributed by atoms with Crippen LogP contribution in [0.3, 0.4) is 0 Å². The largest absolute Gasteiger partial charge is 0.316 e. The van der Waals surface area contributed by atoms with Crippen LogP contribution in [0.25, 0.3) is 0 Å². The van der Waals surface area contributed by atoms with Crippen molar-refractivity contribution in [2.45, 2.75) is 43.0 Å². The van der Waals surface area contributed by atoms with Gasteiger partial charge in [0.15, 0.2) is 4.34 Å². The first-order valence-electron chi connectivity index (χ1n) is 7.35. The van der Waals surface area contributed by atoms with E-state index in [1.165, 1.54) is 12.8 Å². The molecule has 21 heavy (non-hydrogen) atoms. The van der Waals surface area contributed by atoms with Crippen LogP contribution in [-0.2, 0) is 6.54 Å². The van der Waals surface area contributed by atoms with Crippen LogP contribution in [0.2, 0.25) is 0 Å². The molecule has 2 aromatic rings. The van der Waals surface area contributed by atoms with Crippen molar-refractivity contribution in [1.82, 2.24) is 30.5 Å². The number of aryl methyl sites for hydroxylation is 2. The Kier molecular flexibility index (Phi) is 5.21. The number of hydrogen-bond donors (Lipinski definition) is 1. The van der Waals surface area contributed by atoms with Gasteiger partial charge in [0.25, 0.3) is 0 Å². The molecule has 0 unspecified atom stereocenters. The highest BCUT2D eigenvalue weighted by Crippen LogP contribution is 2.23. The number of nitrogens with one attached hydrogen (secondary N) is 1. The molecule has 6 nitrogen and oxygen atoms in total. The first kappa shape index (κ1) is 14.9. The quantitative estimate of drug-likeness (QED) is 0.648. The fourth-order valence-electron chi connectivity index (χ4n) is 2.44. The van der Waals surface area contributed by atoms with Gasteiger partial charge in [0.2, 0.25) is 0 Å². The Balaban J connectivity index is 1.42. The van der Waals surface area contributed by atoms with E-state index in [-0.39, 0.29) is 0 Å². The molecule has 0 bridgehead atoms. The molecule has 0 saturated carbocycles. The van der Waals surface area contributed by atoms with Gasteiger partial charge in [-0.05, 0) is 32.7 Å². The molecule has 0 aliphatic carbocycles. The summed E-state index contributed by atoms with van der Waals surface area (Å²) in [5.74, 6) is 1.57. The zero-order valence-corrected chi connectivity index (χ0v) is 13.8. The number of hydrogen-bond acceptors (Lipinski definition) is 7. The number of aromatic nitrogens is 5. The molecule has 1 aliphatic rings. The van der Waals surface area contributed by atoms with Gasteiger partial charge in [-0.15, -0.1) is 15.3 Å². The normalized spacial score (nSPS) is 19.0. The third-order valence-corrected chi connectivity index (χ3v) is 5.59. The van der Waals surface area contributed by atoms with E-state index in [4.69, 9.17) is 0 Å². The van der Waals surface area contributed by atoms with Crippen molar-refractivity contribution < 1.29 is 0 Å². The van der Waals surface area contributed by atoms with Crippen LogP contribution in [0.5, 0.6) is 0 Å². The van der Waals surface area contributed by atoms with E-state index in [9.17, 15) is 0 Å². The van der Waals surface area contributed by atoms with E-state index >= 15 is 0 Å². The van der Waals surface area contributed by atoms with Crippen LogP contribution in [0, 0.1) is 6.92 Å². The average Bonchev–Trinajstić information content (AvgIpc) is 3.14. The Labute approximate surface area is 132 Å². The minimum absolute atomic E-state index is 0.534. The molecule has 1 saturated heterocycles. The van der Waals surface area contributed by atoms with Gasteiger partial charge in [0.05, 0.1) is 5.69 Å². The van der Waals surface area contributed by atoms with Crippen LogP contribution >= 0.6 is 23.1 Å². The van der Waals surface area contributed by atoms with Crippen LogP contribution < -0.4 is 5.32 Å². The second-order valence-electron chi connectivity index (χ2n) is 5.24. The average molecular weight is 324 g/mol. The molecule has 1 aliphatic heterocycles. The number of rotatable bonds is 6. The van der Waals surface area contributed by atoms with Crippen molar-refractivity contribution in [3.05, 3.63) is 16.9 Å². The van der Waals surface area contributed by atoms with E-state index in [2.05, 4.69) is 32.0 Å². The van der Waals surface area contributed by atoms with Crippen LogP contribution in [0.15, 0.2) is 10.5 Å².